The zero-order chi connectivity index (χ0) is 15.1. The first-order valence-electron chi connectivity index (χ1n) is 6.87. The molecule has 1 aromatic heterocycles. The van der Waals surface area contributed by atoms with Gasteiger partial charge in [-0.15, -0.1) is 0 Å². The number of thiocarbonyl (C=S) groups is 1. The lowest BCUT2D eigenvalue weighted by molar-refractivity contribution is -0.136. The monoisotopic (exact) mass is 304 g/mol. The topological polar surface area (TPSA) is 88.3 Å². The Kier molecular flexibility index (Phi) is 3.36. The van der Waals surface area contributed by atoms with Crippen molar-refractivity contribution in [3.8, 4) is 0 Å². The van der Waals surface area contributed by atoms with Gasteiger partial charge in [-0.1, -0.05) is 12.2 Å². The van der Waals surface area contributed by atoms with E-state index in [0.29, 0.717) is 11.4 Å². The second-order valence-electron chi connectivity index (χ2n) is 5.40. The Morgan fingerprint density at radius 1 is 1.48 bits per heavy atom. The number of hydrogen-bond acceptors (Lipinski definition) is 5. The number of hydrogen-bond donors (Lipinski definition) is 2. The number of pyridine rings is 1. The third-order valence-corrected chi connectivity index (χ3v) is 4.23. The van der Waals surface area contributed by atoms with Crippen molar-refractivity contribution in [2.45, 2.75) is 31.7 Å². The first kappa shape index (κ1) is 13.9. The van der Waals surface area contributed by atoms with Crippen LogP contribution in [0.5, 0.6) is 0 Å². The molecule has 7 heteroatoms. The van der Waals surface area contributed by atoms with E-state index >= 15 is 0 Å². The summed E-state index contributed by atoms with van der Waals surface area (Å²) in [4.78, 5) is 29.5. The number of nitrogens with one attached hydrogen (secondary N) is 1. The molecule has 110 valence electrons. The third kappa shape index (κ3) is 2.37. The molecule has 21 heavy (non-hydrogen) atoms. The van der Waals surface area contributed by atoms with Gasteiger partial charge in [-0.3, -0.25) is 14.5 Å². The van der Waals surface area contributed by atoms with Gasteiger partial charge in [-0.2, -0.15) is 0 Å². The van der Waals surface area contributed by atoms with Crippen LogP contribution in [-0.4, -0.2) is 39.8 Å². The van der Waals surface area contributed by atoms with Crippen LogP contribution in [0.4, 0.5) is 5.82 Å². The van der Waals surface area contributed by atoms with Crippen LogP contribution in [0.25, 0.3) is 0 Å². The maximum Gasteiger partial charge on any atom is 0.251 e. The first-order chi connectivity index (χ1) is 9.97. The van der Waals surface area contributed by atoms with Crippen molar-refractivity contribution in [2.75, 3.05) is 12.4 Å². The summed E-state index contributed by atoms with van der Waals surface area (Å²) in [7, 11) is 1.48. The zero-order valence-corrected chi connectivity index (χ0v) is 12.5. The Morgan fingerprint density at radius 2 is 2.24 bits per heavy atom. The summed E-state index contributed by atoms with van der Waals surface area (Å²) < 4.78 is 0. The number of amides is 2. The van der Waals surface area contributed by atoms with Crippen LogP contribution in [0.15, 0.2) is 6.07 Å². The van der Waals surface area contributed by atoms with Crippen LogP contribution in [0.3, 0.4) is 0 Å². The van der Waals surface area contributed by atoms with Crippen molar-refractivity contribution in [3.05, 3.63) is 22.9 Å². The van der Waals surface area contributed by atoms with Gasteiger partial charge < -0.3 is 11.1 Å². The Labute approximate surface area is 127 Å². The molecule has 0 aromatic carbocycles. The van der Waals surface area contributed by atoms with Crippen molar-refractivity contribution in [2.24, 2.45) is 5.73 Å². The average molecular weight is 304 g/mol. The van der Waals surface area contributed by atoms with E-state index in [1.165, 1.54) is 7.05 Å². The summed E-state index contributed by atoms with van der Waals surface area (Å²) >= 11 is 5.07. The first-order valence-corrected chi connectivity index (χ1v) is 7.27. The molecule has 1 unspecified atom stereocenters. The Balaban J connectivity index is 1.93. The van der Waals surface area contributed by atoms with Crippen molar-refractivity contribution in [1.29, 1.82) is 0 Å². The van der Waals surface area contributed by atoms with Crippen molar-refractivity contribution < 1.29 is 9.59 Å². The summed E-state index contributed by atoms with van der Waals surface area (Å²) in [5.74, 6) is 0.0522. The lowest BCUT2D eigenvalue weighted by Gasteiger charge is -2.16. The molecular weight excluding hydrogens is 288 g/mol. The third-order valence-electron chi connectivity index (χ3n) is 4.01. The number of carbonyl (C=O) groups excluding carboxylic acids is 2. The van der Waals surface area contributed by atoms with Crippen LogP contribution < -0.4 is 11.1 Å². The lowest BCUT2D eigenvalue weighted by atomic mass is 10.1. The Morgan fingerprint density at radius 3 is 2.86 bits per heavy atom. The number of imide groups is 1. The van der Waals surface area contributed by atoms with Gasteiger partial charge in [0.15, 0.2) is 0 Å². The minimum Gasteiger partial charge on any atom is -0.389 e. The molecule has 2 aliphatic rings. The summed E-state index contributed by atoms with van der Waals surface area (Å²) in [6.45, 7) is 0. The molecule has 0 saturated carbocycles. The molecule has 0 bridgehead atoms. The predicted molar refractivity (Wildman–Crippen MR) is 82.0 cm³/mol. The smallest absolute Gasteiger partial charge is 0.251 e. The average Bonchev–Trinajstić information content (AvgIpc) is 2.98. The molecule has 1 fully saturated rings. The van der Waals surface area contributed by atoms with Gasteiger partial charge in [0.1, 0.15) is 16.8 Å². The molecule has 2 heterocycles. The minimum absolute atomic E-state index is 0.130. The quantitative estimate of drug-likeness (QED) is 0.620. The van der Waals surface area contributed by atoms with E-state index in [0.717, 1.165) is 35.4 Å². The number of anilines is 1. The summed E-state index contributed by atoms with van der Waals surface area (Å²) in [5.41, 5.74) is 8.58. The van der Waals surface area contributed by atoms with E-state index in [9.17, 15) is 9.59 Å². The lowest BCUT2D eigenvalue weighted by Crippen LogP contribution is -2.32. The van der Waals surface area contributed by atoms with Crippen molar-refractivity contribution >= 4 is 34.8 Å². The largest absolute Gasteiger partial charge is 0.389 e. The number of nitrogens with zero attached hydrogens (tertiary/aromatic N) is 2. The van der Waals surface area contributed by atoms with Crippen LogP contribution in [0.2, 0.25) is 0 Å². The molecule has 6 nitrogen and oxygen atoms in total. The van der Waals surface area contributed by atoms with Gasteiger partial charge in [-0.25, -0.2) is 4.98 Å². The normalized spacial score (nSPS) is 20.8. The molecule has 1 saturated heterocycles. The molecule has 0 spiro atoms. The standard InChI is InChI=1S/C14H16N4O2S/c1-18-11(19)6-10(14(18)20)17-13-8(12(15)21)5-7-3-2-4-9(7)16-13/h5,10H,2-4,6H2,1H3,(H2,15,21)(H,16,17). The van der Waals surface area contributed by atoms with E-state index in [-0.39, 0.29) is 23.2 Å². The molecule has 1 aliphatic heterocycles. The van der Waals surface area contributed by atoms with Gasteiger partial charge in [0.2, 0.25) is 5.91 Å². The molecule has 3 N–H and O–H groups in total. The summed E-state index contributed by atoms with van der Waals surface area (Å²) in [6, 6.07) is 1.35. The molecule has 2 amide bonds. The van der Waals surface area contributed by atoms with Gasteiger partial charge in [0.25, 0.3) is 5.91 Å². The molecule has 1 atom stereocenters. The zero-order valence-electron chi connectivity index (χ0n) is 11.7. The molecular formula is C14H16N4O2S. The highest BCUT2D eigenvalue weighted by Crippen LogP contribution is 2.27. The summed E-state index contributed by atoms with van der Waals surface area (Å²) in [6.07, 6.45) is 3.08. The second-order valence-corrected chi connectivity index (χ2v) is 5.84. The van der Waals surface area contributed by atoms with E-state index in [4.69, 9.17) is 18.0 Å². The second kappa shape index (κ2) is 5.07. The maximum absolute atomic E-state index is 12.0. The highest BCUT2D eigenvalue weighted by Gasteiger charge is 2.36. The number of likely N-dealkylation sites (tertiary alicyclic amines) is 1. The number of likely N-dealkylation sites (N-methyl/N-ethyl adjacent to an activating group) is 1. The summed E-state index contributed by atoms with van der Waals surface area (Å²) in [5, 5.41) is 3.04. The fourth-order valence-electron chi connectivity index (χ4n) is 2.80. The number of aromatic nitrogens is 1. The molecule has 0 radical (unpaired) electrons. The van der Waals surface area contributed by atoms with Crippen LogP contribution in [0, 0.1) is 0 Å². The van der Waals surface area contributed by atoms with Gasteiger partial charge in [0, 0.05) is 12.7 Å². The number of carbonyl (C=O) groups is 2. The highest BCUT2D eigenvalue weighted by molar-refractivity contribution is 7.80. The van der Waals surface area contributed by atoms with Gasteiger partial charge in [0.05, 0.1) is 12.0 Å². The van der Waals surface area contributed by atoms with Gasteiger partial charge in [-0.05, 0) is 30.9 Å². The number of nitrogens with two attached hydrogens (primary N) is 1. The molecule has 1 aliphatic carbocycles. The van der Waals surface area contributed by atoms with E-state index in [1.807, 2.05) is 6.07 Å². The number of aryl methyl sites for hydroxylation is 2. The van der Waals surface area contributed by atoms with Crippen LogP contribution in [0.1, 0.15) is 29.7 Å². The van der Waals surface area contributed by atoms with E-state index in [2.05, 4.69) is 10.3 Å². The SMILES string of the molecule is CN1C(=O)CC(Nc2nc3c(cc2C(N)=S)CCC3)C1=O. The fraction of sp³-hybridized carbons (Fsp3) is 0.429. The van der Waals surface area contributed by atoms with Gasteiger partial charge >= 0.3 is 0 Å². The number of fused-ring (bicyclic) bond motifs is 1. The van der Waals surface area contributed by atoms with Crippen molar-refractivity contribution in [1.82, 2.24) is 9.88 Å². The fourth-order valence-corrected chi connectivity index (χ4v) is 2.96. The Bertz CT molecular complexity index is 659. The predicted octanol–water partition coefficient (Wildman–Crippen LogP) is 0.374. The van der Waals surface area contributed by atoms with E-state index < -0.39 is 6.04 Å². The van der Waals surface area contributed by atoms with E-state index in [1.54, 1.807) is 0 Å². The Hall–Kier alpha value is -2.02. The van der Waals surface area contributed by atoms with Crippen LogP contribution in [-0.2, 0) is 22.4 Å². The molecule has 1 aromatic rings. The number of rotatable bonds is 3. The van der Waals surface area contributed by atoms with Crippen molar-refractivity contribution in [3.63, 3.8) is 0 Å². The minimum atomic E-state index is -0.595. The highest BCUT2D eigenvalue weighted by atomic mass is 32.1. The maximum atomic E-state index is 12.0. The van der Waals surface area contributed by atoms with Crippen LogP contribution >= 0.6 is 12.2 Å². The molecule has 3 rings (SSSR count).